The van der Waals surface area contributed by atoms with Crippen LogP contribution >= 0.6 is 0 Å². The number of rotatable bonds is 5. The highest BCUT2D eigenvalue weighted by Crippen LogP contribution is 2.33. The lowest BCUT2D eigenvalue weighted by atomic mass is 9.94. The number of nitrogens with one attached hydrogen (secondary N) is 3. The zero-order valence-electron chi connectivity index (χ0n) is 22.3. The molecule has 1 aromatic carbocycles. The number of carbonyl (C=O) groups excluding carboxylic acids is 1. The number of benzene rings is 1. The van der Waals surface area contributed by atoms with Crippen LogP contribution in [0.5, 0.6) is 0 Å². The van der Waals surface area contributed by atoms with E-state index >= 15 is 0 Å². The van der Waals surface area contributed by atoms with Crippen LogP contribution in [0.3, 0.4) is 0 Å². The van der Waals surface area contributed by atoms with Gasteiger partial charge in [-0.3, -0.25) is 5.32 Å². The van der Waals surface area contributed by atoms with Crippen LogP contribution in [-0.4, -0.2) is 71.8 Å². The van der Waals surface area contributed by atoms with E-state index in [1.165, 1.54) is 25.0 Å². The minimum absolute atomic E-state index is 0.0275. The summed E-state index contributed by atoms with van der Waals surface area (Å²) in [5.74, 6) is 1.48. The van der Waals surface area contributed by atoms with Gasteiger partial charge >= 0.3 is 12.2 Å². The van der Waals surface area contributed by atoms with E-state index in [1.807, 2.05) is 6.07 Å². The first-order chi connectivity index (χ1) is 18.8. The number of alkyl halides is 3. The average molecular weight is 547 g/mol. The van der Waals surface area contributed by atoms with Crippen LogP contribution in [0.2, 0.25) is 0 Å². The lowest BCUT2D eigenvalue weighted by molar-refractivity contribution is -0.880. The smallest absolute Gasteiger partial charge is 0.356 e. The Morgan fingerprint density at radius 3 is 2.54 bits per heavy atom. The molecule has 0 bridgehead atoms. The number of nitrogens with zero attached hydrogens (tertiary/aromatic N) is 4. The maximum atomic E-state index is 13.9. The molecule has 5 rings (SSSR count). The standard InChI is InChI=1S/C28H38F3N7O/c29-28(30,31)21-7-5-8-22(19-21)35-27(39)38(24-10-13-32-14-11-24)18-6-9-23(20-38)34-26-33-15-12-25(36-26)37-16-3-1-2-4-17-37/h5,7-8,12,15,19,23-24,32H,1-4,6,9-11,13-14,16-18,20H2,(H-,33,34,35,36,39)/p+1. The van der Waals surface area contributed by atoms with Gasteiger partial charge in [-0.1, -0.05) is 18.9 Å². The number of hydrogen-bond acceptors (Lipinski definition) is 6. The number of halogens is 3. The van der Waals surface area contributed by atoms with Gasteiger partial charge in [-0.05, 0) is 49.9 Å². The maximum absolute atomic E-state index is 13.9. The van der Waals surface area contributed by atoms with Gasteiger partial charge < -0.3 is 15.5 Å². The van der Waals surface area contributed by atoms with E-state index in [9.17, 15) is 18.0 Å². The molecule has 0 spiro atoms. The summed E-state index contributed by atoms with van der Waals surface area (Å²) in [7, 11) is 0. The molecule has 0 aliphatic carbocycles. The third-order valence-electron chi connectivity index (χ3n) is 8.41. The van der Waals surface area contributed by atoms with Crippen LogP contribution in [0.25, 0.3) is 0 Å². The van der Waals surface area contributed by atoms with Crippen molar-refractivity contribution in [3.05, 3.63) is 42.1 Å². The molecule has 1 aromatic heterocycles. The second-order valence-electron chi connectivity index (χ2n) is 11.1. The van der Waals surface area contributed by atoms with Gasteiger partial charge in [-0.25, -0.2) is 14.3 Å². The Kier molecular flexibility index (Phi) is 8.56. The van der Waals surface area contributed by atoms with Gasteiger partial charge in [0.05, 0.1) is 24.2 Å². The first-order valence-electron chi connectivity index (χ1n) is 14.2. The Balaban J connectivity index is 1.35. The fourth-order valence-electron chi connectivity index (χ4n) is 6.38. The van der Waals surface area contributed by atoms with E-state index in [1.54, 1.807) is 6.20 Å². The van der Waals surface area contributed by atoms with Gasteiger partial charge in [0.15, 0.2) is 0 Å². The number of amides is 2. The molecule has 2 aromatic rings. The summed E-state index contributed by atoms with van der Waals surface area (Å²) in [6.07, 6.45) is 5.49. The van der Waals surface area contributed by atoms with E-state index in [-0.39, 0.29) is 28.3 Å². The SMILES string of the molecule is O=C(Nc1cccc(C(F)(F)F)c1)[N+]1(C2CCNCC2)CCCC(Nc2nccc(N3CCCCCC3)n2)C1. The summed E-state index contributed by atoms with van der Waals surface area (Å²) in [5.41, 5.74) is -0.599. The van der Waals surface area contributed by atoms with Gasteiger partial charge in [0.25, 0.3) is 0 Å². The molecular weight excluding hydrogens is 507 g/mol. The molecule has 3 saturated heterocycles. The van der Waals surface area contributed by atoms with Crippen LogP contribution in [-0.2, 0) is 6.18 Å². The van der Waals surface area contributed by atoms with Crippen molar-refractivity contribution in [3.8, 4) is 0 Å². The van der Waals surface area contributed by atoms with Crippen molar-refractivity contribution >= 4 is 23.5 Å². The molecule has 4 heterocycles. The molecule has 3 aliphatic rings. The van der Waals surface area contributed by atoms with Gasteiger partial charge in [0.2, 0.25) is 5.95 Å². The predicted octanol–water partition coefficient (Wildman–Crippen LogP) is 5.25. The van der Waals surface area contributed by atoms with Crippen LogP contribution in [0.1, 0.15) is 56.9 Å². The van der Waals surface area contributed by atoms with Crippen molar-refractivity contribution in [3.63, 3.8) is 0 Å². The van der Waals surface area contributed by atoms with E-state index in [0.29, 0.717) is 19.0 Å². The molecule has 3 N–H and O–H groups in total. The fourth-order valence-corrected chi connectivity index (χ4v) is 6.38. The summed E-state index contributed by atoms with van der Waals surface area (Å²) in [6.45, 7) is 4.81. The van der Waals surface area contributed by atoms with E-state index in [4.69, 9.17) is 4.98 Å². The molecule has 2 unspecified atom stereocenters. The summed E-state index contributed by atoms with van der Waals surface area (Å²) in [5, 5.41) is 9.73. The Hall–Kier alpha value is -2.92. The molecule has 212 valence electrons. The summed E-state index contributed by atoms with van der Waals surface area (Å²) < 4.78 is 40.1. The Labute approximate surface area is 228 Å². The van der Waals surface area contributed by atoms with Crippen molar-refractivity contribution < 1.29 is 22.4 Å². The second kappa shape index (κ2) is 12.1. The first kappa shape index (κ1) is 27.6. The normalized spacial score (nSPS) is 25.1. The fraction of sp³-hybridized carbons (Fsp3) is 0.607. The van der Waals surface area contributed by atoms with Crippen molar-refractivity contribution in [2.45, 2.75) is 69.6 Å². The highest BCUT2D eigenvalue weighted by atomic mass is 19.4. The number of anilines is 3. The number of urea groups is 1. The third-order valence-corrected chi connectivity index (χ3v) is 8.41. The molecule has 2 amide bonds. The van der Waals surface area contributed by atoms with E-state index in [0.717, 1.165) is 82.7 Å². The first-order valence-corrected chi connectivity index (χ1v) is 14.2. The molecular formula is C28H39F3N7O+. The lowest BCUT2D eigenvalue weighted by Gasteiger charge is -2.48. The molecule has 3 fully saturated rings. The lowest BCUT2D eigenvalue weighted by Crippen LogP contribution is -2.68. The van der Waals surface area contributed by atoms with Crippen molar-refractivity contribution in [2.24, 2.45) is 0 Å². The largest absolute Gasteiger partial charge is 0.421 e. The average Bonchev–Trinajstić information content (AvgIpc) is 3.23. The predicted molar refractivity (Wildman–Crippen MR) is 146 cm³/mol. The molecule has 2 atom stereocenters. The second-order valence-corrected chi connectivity index (χ2v) is 11.1. The number of likely N-dealkylation sites (tertiary alicyclic amines) is 1. The van der Waals surface area contributed by atoms with Crippen molar-refractivity contribution in [1.29, 1.82) is 0 Å². The Bertz CT molecular complexity index is 1120. The van der Waals surface area contributed by atoms with Crippen LogP contribution in [0.15, 0.2) is 36.5 Å². The molecule has 0 saturated carbocycles. The topological polar surface area (TPSA) is 82.2 Å². The minimum Gasteiger partial charge on any atom is -0.356 e. The number of quaternary nitrogens is 1. The maximum Gasteiger partial charge on any atom is 0.421 e. The highest BCUT2D eigenvalue weighted by Gasteiger charge is 2.48. The Morgan fingerprint density at radius 2 is 1.79 bits per heavy atom. The van der Waals surface area contributed by atoms with Crippen LogP contribution in [0.4, 0.5) is 35.4 Å². The monoisotopic (exact) mass is 546 g/mol. The summed E-state index contributed by atoms with van der Waals surface area (Å²) >= 11 is 0. The van der Waals surface area contributed by atoms with E-state index < -0.39 is 11.7 Å². The van der Waals surface area contributed by atoms with Gasteiger partial charge in [0.1, 0.15) is 12.4 Å². The number of aromatic nitrogens is 2. The van der Waals surface area contributed by atoms with Crippen LogP contribution < -0.4 is 20.9 Å². The number of hydrogen-bond donors (Lipinski definition) is 3. The molecule has 8 nitrogen and oxygen atoms in total. The highest BCUT2D eigenvalue weighted by molar-refractivity contribution is 5.84. The van der Waals surface area contributed by atoms with Gasteiger partial charge in [-0.15, -0.1) is 0 Å². The Morgan fingerprint density at radius 1 is 1.03 bits per heavy atom. The molecule has 11 heteroatoms. The van der Waals surface area contributed by atoms with Gasteiger partial charge in [-0.2, -0.15) is 18.2 Å². The molecule has 39 heavy (non-hydrogen) atoms. The van der Waals surface area contributed by atoms with Crippen LogP contribution in [0, 0.1) is 0 Å². The van der Waals surface area contributed by atoms with Crippen molar-refractivity contribution in [1.82, 2.24) is 15.3 Å². The number of carbonyl (C=O) groups is 1. The number of piperidine rings is 2. The minimum atomic E-state index is -4.47. The van der Waals surface area contributed by atoms with Gasteiger partial charge in [0, 0.05) is 50.9 Å². The quantitative estimate of drug-likeness (QED) is 0.445. The van der Waals surface area contributed by atoms with Crippen molar-refractivity contribution in [2.75, 3.05) is 54.8 Å². The molecule has 0 radical (unpaired) electrons. The molecule has 3 aliphatic heterocycles. The summed E-state index contributed by atoms with van der Waals surface area (Å²) in [4.78, 5) is 25.6. The van der Waals surface area contributed by atoms with E-state index in [2.05, 4.69) is 25.8 Å². The third kappa shape index (κ3) is 6.63. The zero-order valence-corrected chi connectivity index (χ0v) is 22.3. The zero-order chi connectivity index (χ0) is 27.3. The summed E-state index contributed by atoms with van der Waals surface area (Å²) in [6, 6.07) is 6.66.